The minimum Gasteiger partial charge on any atom is -0.573 e. The Hall–Kier alpha value is -1.28. The molecule has 0 atom stereocenters. The van der Waals surface area contributed by atoms with Gasteiger partial charge in [0, 0.05) is 3.57 Å². The molecule has 0 aliphatic rings. The summed E-state index contributed by atoms with van der Waals surface area (Å²) in [4.78, 5) is 0.170. The van der Waals surface area contributed by atoms with E-state index in [-0.39, 0.29) is 4.90 Å². The van der Waals surface area contributed by atoms with E-state index in [0.29, 0.717) is 17.0 Å². The van der Waals surface area contributed by atoms with Crippen molar-refractivity contribution in [1.29, 1.82) is 0 Å². The molecule has 0 N–H and O–H groups in total. The molecule has 0 aromatic heterocycles. The molecule has 2 aromatic rings. The number of halogens is 1. The smallest absolute Gasteiger partial charge is 0.123 e. The van der Waals surface area contributed by atoms with E-state index >= 15 is 0 Å². The summed E-state index contributed by atoms with van der Waals surface area (Å²) < 4.78 is 35.0. The third-order valence-electron chi connectivity index (χ3n) is 3.02. The summed E-state index contributed by atoms with van der Waals surface area (Å²) in [5.41, 5.74) is 1.96. The molecule has 0 fully saturated rings. The number of aryl methyl sites for hydroxylation is 2. The fourth-order valence-corrected chi connectivity index (χ4v) is 3.58. The van der Waals surface area contributed by atoms with Crippen molar-refractivity contribution in [3.8, 4) is 5.75 Å². The predicted octanol–water partition coefficient (Wildman–Crippen LogP) is 4.31. The topological polar surface area (TPSA) is 57.5 Å². The van der Waals surface area contributed by atoms with Crippen molar-refractivity contribution < 1.29 is 13.2 Å². The maximum absolute atomic E-state index is 12.5. The van der Waals surface area contributed by atoms with Crippen LogP contribution in [0.4, 0.5) is 5.69 Å². The molecular weight excluding hydrogens is 401 g/mol. The molecule has 112 valence electrons. The van der Waals surface area contributed by atoms with E-state index in [1.807, 2.05) is 19.1 Å². The van der Waals surface area contributed by atoms with Gasteiger partial charge in [0.2, 0.25) is 0 Å². The molecule has 0 heterocycles. The highest BCUT2D eigenvalue weighted by Crippen LogP contribution is 2.33. The van der Waals surface area contributed by atoms with Gasteiger partial charge in [0.1, 0.15) is 15.8 Å². The van der Waals surface area contributed by atoms with Crippen molar-refractivity contribution in [2.24, 2.45) is 0 Å². The molecule has 2 aromatic carbocycles. The largest absolute Gasteiger partial charge is 0.573 e. The van der Waals surface area contributed by atoms with Crippen LogP contribution in [-0.4, -0.2) is 15.5 Å². The number of rotatable bonds is 4. The molecule has 0 aliphatic heterocycles. The van der Waals surface area contributed by atoms with E-state index < -0.39 is 10.0 Å². The highest BCUT2D eigenvalue weighted by atomic mass is 127. The first-order chi connectivity index (χ1) is 9.83. The van der Waals surface area contributed by atoms with Crippen LogP contribution in [-0.2, 0) is 10.0 Å². The van der Waals surface area contributed by atoms with Gasteiger partial charge in [0.25, 0.3) is 0 Å². The standard InChI is InChI=1S/C15H15INO3S/c1-10-8-11(2)15(9-14(10)20-3)21(18,19)17-13-6-4-12(16)5-7-13/h4-9H,1-3H3/q-1. The number of ether oxygens (including phenoxy) is 1. The first-order valence-corrected chi connectivity index (χ1v) is 8.74. The number of sulfonamides is 1. The summed E-state index contributed by atoms with van der Waals surface area (Å²) in [6.07, 6.45) is 0. The van der Waals surface area contributed by atoms with Crippen LogP contribution in [0.5, 0.6) is 5.75 Å². The first kappa shape index (κ1) is 16.1. The Morgan fingerprint density at radius 2 is 1.67 bits per heavy atom. The zero-order valence-corrected chi connectivity index (χ0v) is 14.9. The van der Waals surface area contributed by atoms with Gasteiger partial charge in [-0.05, 0) is 53.6 Å². The van der Waals surface area contributed by atoms with Crippen molar-refractivity contribution in [3.05, 3.63) is 55.8 Å². The van der Waals surface area contributed by atoms with Gasteiger partial charge in [-0.15, -0.1) is 5.69 Å². The molecule has 2 rings (SSSR count). The van der Waals surface area contributed by atoms with Crippen LogP contribution in [0.15, 0.2) is 41.3 Å². The third kappa shape index (κ3) is 3.68. The minimum absolute atomic E-state index is 0.170. The molecule has 21 heavy (non-hydrogen) atoms. The van der Waals surface area contributed by atoms with Crippen molar-refractivity contribution in [2.45, 2.75) is 18.7 Å². The van der Waals surface area contributed by atoms with Gasteiger partial charge in [-0.3, -0.25) is 0 Å². The Morgan fingerprint density at radius 3 is 2.24 bits per heavy atom. The highest BCUT2D eigenvalue weighted by Gasteiger charge is 2.12. The Bertz CT molecular complexity index is 755. The monoisotopic (exact) mass is 416 g/mol. The summed E-state index contributed by atoms with van der Waals surface area (Å²) in [6.45, 7) is 3.63. The minimum atomic E-state index is -3.76. The van der Waals surface area contributed by atoms with Crippen LogP contribution in [0, 0.1) is 17.4 Å². The van der Waals surface area contributed by atoms with Gasteiger partial charge >= 0.3 is 0 Å². The van der Waals surface area contributed by atoms with E-state index in [0.717, 1.165) is 9.13 Å². The average molecular weight is 416 g/mol. The second kappa shape index (κ2) is 6.23. The van der Waals surface area contributed by atoms with Crippen LogP contribution < -0.4 is 4.74 Å². The Kier molecular flexibility index (Phi) is 4.77. The van der Waals surface area contributed by atoms with Crippen molar-refractivity contribution in [2.75, 3.05) is 7.11 Å². The maximum atomic E-state index is 12.5. The van der Waals surface area contributed by atoms with Crippen molar-refractivity contribution in [3.63, 3.8) is 0 Å². The lowest BCUT2D eigenvalue weighted by molar-refractivity contribution is 0.410. The number of benzene rings is 2. The van der Waals surface area contributed by atoms with Gasteiger partial charge in [-0.1, -0.05) is 30.3 Å². The lowest BCUT2D eigenvalue weighted by atomic mass is 10.1. The molecule has 4 nitrogen and oxygen atoms in total. The normalized spacial score (nSPS) is 11.2. The van der Waals surface area contributed by atoms with Crippen LogP contribution in [0.2, 0.25) is 0 Å². The van der Waals surface area contributed by atoms with Gasteiger partial charge in [0.05, 0.1) is 12.0 Å². The van der Waals surface area contributed by atoms with Crippen LogP contribution in [0.1, 0.15) is 11.1 Å². The van der Waals surface area contributed by atoms with Crippen LogP contribution in [0.25, 0.3) is 4.72 Å². The van der Waals surface area contributed by atoms with Gasteiger partial charge in [0.15, 0.2) is 0 Å². The fourth-order valence-electron chi connectivity index (χ4n) is 2.00. The molecule has 0 spiro atoms. The number of hydrogen-bond acceptors (Lipinski definition) is 3. The molecule has 0 saturated carbocycles. The predicted molar refractivity (Wildman–Crippen MR) is 91.8 cm³/mol. The Labute approximate surface area is 138 Å². The lowest BCUT2D eigenvalue weighted by Crippen LogP contribution is -2.02. The maximum Gasteiger partial charge on any atom is 0.123 e. The molecular formula is C15H15INO3S-. The van der Waals surface area contributed by atoms with E-state index in [4.69, 9.17) is 4.74 Å². The summed E-state index contributed by atoms with van der Waals surface area (Å²) in [6, 6.07) is 10.3. The SMILES string of the molecule is COc1cc(S(=O)(=O)[N-]c2ccc(I)cc2)c(C)cc1C. The second-order valence-electron chi connectivity index (χ2n) is 4.63. The molecule has 0 unspecified atom stereocenters. The lowest BCUT2D eigenvalue weighted by Gasteiger charge is -2.24. The fraction of sp³-hybridized carbons (Fsp3) is 0.200. The number of hydrogen-bond donors (Lipinski definition) is 0. The van der Waals surface area contributed by atoms with Crippen molar-refractivity contribution in [1.82, 2.24) is 0 Å². The molecule has 0 aliphatic carbocycles. The molecule has 0 bridgehead atoms. The zero-order valence-electron chi connectivity index (χ0n) is 11.9. The summed E-state index contributed by atoms with van der Waals surface area (Å²) in [5.74, 6) is 0.539. The van der Waals surface area contributed by atoms with E-state index in [1.54, 1.807) is 25.1 Å². The van der Waals surface area contributed by atoms with E-state index in [9.17, 15) is 8.42 Å². The molecule has 0 amide bonds. The average Bonchev–Trinajstić information content (AvgIpc) is 2.41. The van der Waals surface area contributed by atoms with Crippen molar-refractivity contribution >= 4 is 38.3 Å². The summed E-state index contributed by atoms with van der Waals surface area (Å²) in [5, 5.41) is 0. The molecule has 6 heteroatoms. The molecule has 0 radical (unpaired) electrons. The Morgan fingerprint density at radius 1 is 1.05 bits per heavy atom. The first-order valence-electron chi connectivity index (χ1n) is 6.22. The van der Waals surface area contributed by atoms with Gasteiger partial charge < -0.3 is 9.46 Å². The quantitative estimate of drug-likeness (QED) is 0.698. The Balaban J connectivity index is 2.42. The number of methoxy groups -OCH3 is 1. The molecule has 0 saturated heterocycles. The van der Waals surface area contributed by atoms with E-state index in [2.05, 4.69) is 27.3 Å². The van der Waals surface area contributed by atoms with Gasteiger partial charge in [-0.25, -0.2) is 8.42 Å². The number of nitrogens with zero attached hydrogens (tertiary/aromatic N) is 1. The van der Waals surface area contributed by atoms with Crippen LogP contribution in [0.3, 0.4) is 0 Å². The summed E-state index contributed by atoms with van der Waals surface area (Å²) >= 11 is 2.16. The highest BCUT2D eigenvalue weighted by molar-refractivity contribution is 14.1. The zero-order chi connectivity index (χ0) is 15.6. The van der Waals surface area contributed by atoms with E-state index in [1.165, 1.54) is 13.2 Å². The summed E-state index contributed by atoms with van der Waals surface area (Å²) in [7, 11) is -2.25. The van der Waals surface area contributed by atoms with Crippen LogP contribution >= 0.6 is 22.6 Å². The van der Waals surface area contributed by atoms with Gasteiger partial charge in [-0.2, -0.15) is 0 Å². The third-order valence-corrected chi connectivity index (χ3v) is 5.19. The second-order valence-corrected chi connectivity index (χ2v) is 7.45.